The number of ether oxygens (including phenoxy) is 2. The Hall–Kier alpha value is -4.14. The number of esters is 1. The number of nitrogens with zero attached hydrogens (tertiary/aromatic N) is 2. The smallest absolute Gasteiger partial charge is 0.342 e. The van der Waals surface area contributed by atoms with E-state index in [1.807, 2.05) is 42.5 Å². The molecule has 3 amide bonds. The van der Waals surface area contributed by atoms with E-state index in [0.717, 1.165) is 18.5 Å². The number of amides is 3. The van der Waals surface area contributed by atoms with Gasteiger partial charge in [0.25, 0.3) is 5.91 Å². The molecule has 1 atom stereocenters. The van der Waals surface area contributed by atoms with Crippen molar-refractivity contribution in [2.75, 3.05) is 7.11 Å². The van der Waals surface area contributed by atoms with E-state index in [1.54, 1.807) is 23.0 Å². The maximum Gasteiger partial charge on any atom is 0.342 e. The molecule has 0 spiro atoms. The fourth-order valence-electron chi connectivity index (χ4n) is 3.22. The van der Waals surface area contributed by atoms with Gasteiger partial charge in [0.1, 0.15) is 17.0 Å². The molecule has 1 aliphatic carbocycles. The first kappa shape index (κ1) is 22.1. The number of hydrogen-bond acceptors (Lipinski definition) is 6. The third kappa shape index (κ3) is 5.20. The summed E-state index contributed by atoms with van der Waals surface area (Å²) in [7, 11) is 1.53. The fraction of sp³-hybridized carbons (Fsp3) is 0.250. The van der Waals surface area contributed by atoms with E-state index in [0.29, 0.717) is 17.0 Å². The summed E-state index contributed by atoms with van der Waals surface area (Å²) in [5.74, 6) is -0.925. The third-order valence-corrected chi connectivity index (χ3v) is 5.12. The number of hydrogen-bond donors (Lipinski definition) is 2. The van der Waals surface area contributed by atoms with E-state index < -0.39 is 24.0 Å². The van der Waals surface area contributed by atoms with Gasteiger partial charge in [-0.05, 0) is 44.0 Å². The van der Waals surface area contributed by atoms with E-state index in [-0.39, 0.29) is 11.6 Å². The summed E-state index contributed by atoms with van der Waals surface area (Å²) in [6.45, 7) is 1.40. The van der Waals surface area contributed by atoms with Crippen molar-refractivity contribution in [1.29, 1.82) is 0 Å². The number of methoxy groups -OCH3 is 1. The number of carbonyl (C=O) groups excluding carboxylic acids is 3. The molecule has 2 aromatic carbocycles. The molecule has 0 bridgehead atoms. The lowest BCUT2D eigenvalue weighted by Crippen LogP contribution is -2.45. The van der Waals surface area contributed by atoms with Gasteiger partial charge in [-0.25, -0.2) is 14.3 Å². The largest absolute Gasteiger partial charge is 0.496 e. The van der Waals surface area contributed by atoms with Crippen molar-refractivity contribution in [3.05, 3.63) is 66.4 Å². The number of rotatable bonds is 7. The highest BCUT2D eigenvalue weighted by molar-refractivity contribution is 6.00. The highest BCUT2D eigenvalue weighted by atomic mass is 16.5. The van der Waals surface area contributed by atoms with Gasteiger partial charge in [-0.3, -0.25) is 10.1 Å². The van der Waals surface area contributed by atoms with Crippen molar-refractivity contribution in [2.24, 2.45) is 0 Å². The third-order valence-electron chi connectivity index (χ3n) is 5.12. The van der Waals surface area contributed by atoms with Crippen LogP contribution in [0.4, 0.5) is 4.79 Å². The summed E-state index contributed by atoms with van der Waals surface area (Å²) in [6.07, 6.45) is 2.14. The minimum Gasteiger partial charge on any atom is -0.496 e. The molecule has 4 rings (SSSR count). The molecular weight excluding hydrogens is 424 g/mol. The van der Waals surface area contributed by atoms with Crippen LogP contribution in [0.2, 0.25) is 0 Å². The molecule has 0 aliphatic heterocycles. The van der Waals surface area contributed by atoms with E-state index in [4.69, 9.17) is 9.47 Å². The molecule has 2 N–H and O–H groups in total. The molecule has 3 aromatic rings. The predicted octanol–water partition coefficient (Wildman–Crippen LogP) is 3.08. The molecule has 1 saturated carbocycles. The lowest BCUT2D eigenvalue weighted by atomic mass is 10.1. The summed E-state index contributed by atoms with van der Waals surface area (Å²) in [5.41, 5.74) is 1.85. The Morgan fingerprint density at radius 1 is 1.06 bits per heavy atom. The highest BCUT2D eigenvalue weighted by Crippen LogP contribution is 2.32. The molecule has 1 aliphatic rings. The van der Waals surface area contributed by atoms with Crippen LogP contribution in [0.5, 0.6) is 5.75 Å². The van der Waals surface area contributed by atoms with Gasteiger partial charge in [0, 0.05) is 17.8 Å². The van der Waals surface area contributed by atoms with Gasteiger partial charge in [-0.15, -0.1) is 0 Å². The van der Waals surface area contributed by atoms with Crippen molar-refractivity contribution in [1.82, 2.24) is 20.4 Å². The Labute approximate surface area is 190 Å². The summed E-state index contributed by atoms with van der Waals surface area (Å²) in [6, 6.07) is 16.0. The molecule has 0 saturated heterocycles. The maximum absolute atomic E-state index is 13.1. The second-order valence-electron chi connectivity index (χ2n) is 7.66. The average molecular weight is 448 g/mol. The van der Waals surface area contributed by atoms with Crippen LogP contribution in [0.3, 0.4) is 0 Å². The van der Waals surface area contributed by atoms with Crippen LogP contribution in [-0.4, -0.2) is 46.9 Å². The Balaban J connectivity index is 1.59. The van der Waals surface area contributed by atoms with Gasteiger partial charge in [-0.1, -0.05) is 30.3 Å². The van der Waals surface area contributed by atoms with E-state index in [9.17, 15) is 14.4 Å². The molecule has 1 aromatic heterocycles. The van der Waals surface area contributed by atoms with Crippen LogP contribution in [0.1, 0.15) is 30.1 Å². The minimum atomic E-state index is -1.19. The molecule has 9 nitrogen and oxygen atoms in total. The van der Waals surface area contributed by atoms with Crippen LogP contribution in [-0.2, 0) is 9.53 Å². The number of urea groups is 1. The molecule has 33 heavy (non-hydrogen) atoms. The van der Waals surface area contributed by atoms with Crippen LogP contribution in [0.15, 0.2) is 60.8 Å². The lowest BCUT2D eigenvalue weighted by molar-refractivity contribution is -0.127. The number of imide groups is 1. The molecule has 9 heteroatoms. The van der Waals surface area contributed by atoms with E-state index >= 15 is 0 Å². The van der Waals surface area contributed by atoms with Gasteiger partial charge >= 0.3 is 12.0 Å². The maximum atomic E-state index is 13.1. The zero-order valence-corrected chi connectivity index (χ0v) is 18.3. The molecule has 1 heterocycles. The molecule has 1 unspecified atom stereocenters. The van der Waals surface area contributed by atoms with E-state index in [2.05, 4.69) is 15.7 Å². The standard InChI is InChI=1S/C24H24N4O5/c1-15(22(29)26-24(31)25-16-12-13-16)33-23(30)19-14-28(17-8-4-3-5-9-17)27-21(19)18-10-6-7-11-20(18)32-2/h3-11,14-16H,12-13H2,1-2H3,(H2,25,26,29,31). The van der Waals surface area contributed by atoms with Crippen LogP contribution in [0.25, 0.3) is 16.9 Å². The normalized spacial score (nSPS) is 13.6. The summed E-state index contributed by atoms with van der Waals surface area (Å²) >= 11 is 0. The molecule has 0 radical (unpaired) electrons. The van der Waals surface area contributed by atoms with Gasteiger partial charge in [0.05, 0.1) is 12.8 Å². The molecular formula is C24H24N4O5. The van der Waals surface area contributed by atoms with Crippen molar-refractivity contribution in [3.63, 3.8) is 0 Å². The van der Waals surface area contributed by atoms with Gasteiger partial charge in [0.2, 0.25) is 0 Å². The highest BCUT2D eigenvalue weighted by Gasteiger charge is 2.28. The zero-order chi connectivity index (χ0) is 23.4. The van der Waals surface area contributed by atoms with Gasteiger partial charge in [0.15, 0.2) is 6.10 Å². The Morgan fingerprint density at radius 2 is 1.76 bits per heavy atom. The first-order valence-corrected chi connectivity index (χ1v) is 10.6. The number of nitrogens with one attached hydrogen (secondary N) is 2. The second-order valence-corrected chi connectivity index (χ2v) is 7.66. The Kier molecular flexibility index (Phi) is 6.39. The van der Waals surface area contributed by atoms with Crippen molar-refractivity contribution in [2.45, 2.75) is 31.9 Å². The van der Waals surface area contributed by atoms with E-state index in [1.165, 1.54) is 14.0 Å². The fourth-order valence-corrected chi connectivity index (χ4v) is 3.22. The molecule has 1 fully saturated rings. The summed E-state index contributed by atoms with van der Waals surface area (Å²) in [4.78, 5) is 37.2. The Bertz CT molecular complexity index is 1170. The summed E-state index contributed by atoms with van der Waals surface area (Å²) < 4.78 is 12.4. The van der Waals surface area contributed by atoms with Crippen LogP contribution < -0.4 is 15.4 Å². The van der Waals surface area contributed by atoms with Crippen LogP contribution in [0, 0.1) is 0 Å². The van der Waals surface area contributed by atoms with Crippen molar-refractivity contribution >= 4 is 17.9 Å². The topological polar surface area (TPSA) is 112 Å². The molecule has 170 valence electrons. The second kappa shape index (κ2) is 9.56. The number of aromatic nitrogens is 2. The number of benzene rings is 2. The quantitative estimate of drug-likeness (QED) is 0.538. The predicted molar refractivity (Wildman–Crippen MR) is 120 cm³/mol. The van der Waals surface area contributed by atoms with Crippen molar-refractivity contribution < 1.29 is 23.9 Å². The average Bonchev–Trinajstić information content (AvgIpc) is 3.52. The monoisotopic (exact) mass is 448 g/mol. The van der Waals surface area contributed by atoms with Gasteiger partial charge in [-0.2, -0.15) is 5.10 Å². The number of para-hydroxylation sites is 2. The Morgan fingerprint density at radius 3 is 2.45 bits per heavy atom. The SMILES string of the molecule is COc1ccccc1-c1nn(-c2ccccc2)cc1C(=O)OC(C)C(=O)NC(=O)NC1CC1. The van der Waals surface area contributed by atoms with Gasteiger partial charge < -0.3 is 14.8 Å². The van der Waals surface area contributed by atoms with Crippen LogP contribution >= 0.6 is 0 Å². The first-order chi connectivity index (χ1) is 16.0. The zero-order valence-electron chi connectivity index (χ0n) is 18.3. The summed E-state index contributed by atoms with van der Waals surface area (Å²) in [5, 5.41) is 9.44. The first-order valence-electron chi connectivity index (χ1n) is 10.6. The minimum absolute atomic E-state index is 0.0999. The number of carbonyl (C=O) groups is 3. The van der Waals surface area contributed by atoms with Crippen molar-refractivity contribution in [3.8, 4) is 22.7 Å². The lowest BCUT2D eigenvalue weighted by Gasteiger charge is -2.13.